The monoisotopic (exact) mass is 270 g/mol. The van der Waals surface area contributed by atoms with Crippen LogP contribution in [0.15, 0.2) is 0 Å². The van der Waals surface area contributed by atoms with Crippen molar-refractivity contribution in [3.8, 4) is 0 Å². The molecule has 0 aromatic carbocycles. The summed E-state index contributed by atoms with van der Waals surface area (Å²) >= 11 is 0. The summed E-state index contributed by atoms with van der Waals surface area (Å²) in [5, 5.41) is 0. The van der Waals surface area contributed by atoms with Crippen molar-refractivity contribution in [1.29, 1.82) is 0 Å². The lowest BCUT2D eigenvalue weighted by atomic mass is 9.78. The molecule has 0 radical (unpaired) electrons. The molecule has 0 spiro atoms. The first kappa shape index (κ1) is 15.2. The summed E-state index contributed by atoms with van der Waals surface area (Å²) in [4.78, 5) is 2.38. The van der Waals surface area contributed by atoms with Gasteiger partial charge in [-0.2, -0.15) is 0 Å². The molecule has 2 atom stereocenters. The van der Waals surface area contributed by atoms with E-state index in [2.05, 4.69) is 11.9 Å². The van der Waals surface area contributed by atoms with E-state index >= 15 is 0 Å². The first-order valence-corrected chi connectivity index (χ1v) is 7.75. The van der Waals surface area contributed by atoms with Crippen LogP contribution in [0, 0.1) is 5.92 Å². The molecule has 0 aromatic rings. The Kier molecular flexibility index (Phi) is 5.63. The van der Waals surface area contributed by atoms with Gasteiger partial charge in [-0.3, -0.25) is 4.90 Å². The van der Waals surface area contributed by atoms with E-state index in [1.165, 1.54) is 25.7 Å². The SMILES string of the molecule is COC1CCCCC1(CN)N(C)CCOCC1CC1. The van der Waals surface area contributed by atoms with Crippen molar-refractivity contribution in [2.24, 2.45) is 11.7 Å². The molecule has 4 heteroatoms. The normalized spacial score (nSPS) is 31.9. The van der Waals surface area contributed by atoms with Crippen LogP contribution in [0.25, 0.3) is 0 Å². The standard InChI is InChI=1S/C15H30N2O2/c1-17(9-10-19-11-13-6-7-13)15(12-16)8-4-3-5-14(15)18-2/h13-14H,3-12,16H2,1-2H3. The van der Waals surface area contributed by atoms with Crippen LogP contribution in [0.1, 0.15) is 38.5 Å². The van der Waals surface area contributed by atoms with Crippen molar-refractivity contribution < 1.29 is 9.47 Å². The van der Waals surface area contributed by atoms with Gasteiger partial charge in [0, 0.05) is 26.8 Å². The minimum absolute atomic E-state index is 0.00986. The van der Waals surface area contributed by atoms with Crippen molar-refractivity contribution in [2.45, 2.75) is 50.2 Å². The van der Waals surface area contributed by atoms with Gasteiger partial charge < -0.3 is 15.2 Å². The Hall–Kier alpha value is -0.160. The first-order valence-electron chi connectivity index (χ1n) is 7.75. The summed E-state index contributed by atoms with van der Waals surface area (Å²) < 4.78 is 11.5. The summed E-state index contributed by atoms with van der Waals surface area (Å²) in [6, 6.07) is 0. The van der Waals surface area contributed by atoms with Crippen LogP contribution >= 0.6 is 0 Å². The van der Waals surface area contributed by atoms with Gasteiger partial charge in [-0.05, 0) is 38.6 Å². The smallest absolute Gasteiger partial charge is 0.0767 e. The van der Waals surface area contributed by atoms with Crippen LogP contribution in [0.4, 0.5) is 0 Å². The van der Waals surface area contributed by atoms with Crippen LogP contribution in [0.3, 0.4) is 0 Å². The van der Waals surface area contributed by atoms with Gasteiger partial charge >= 0.3 is 0 Å². The van der Waals surface area contributed by atoms with Crippen LogP contribution in [-0.4, -0.2) is 57.0 Å². The van der Waals surface area contributed by atoms with E-state index in [9.17, 15) is 0 Å². The van der Waals surface area contributed by atoms with Gasteiger partial charge in [-0.25, -0.2) is 0 Å². The second kappa shape index (κ2) is 7.02. The molecule has 0 bridgehead atoms. The minimum atomic E-state index is 0.00986. The van der Waals surface area contributed by atoms with E-state index in [1.54, 1.807) is 0 Å². The average Bonchev–Trinajstić information content (AvgIpc) is 3.27. The average molecular weight is 270 g/mol. The zero-order chi connectivity index (χ0) is 13.7. The van der Waals surface area contributed by atoms with E-state index in [0.717, 1.165) is 38.5 Å². The highest BCUT2D eigenvalue weighted by atomic mass is 16.5. The van der Waals surface area contributed by atoms with Crippen molar-refractivity contribution in [1.82, 2.24) is 4.90 Å². The Morgan fingerprint density at radius 2 is 2.05 bits per heavy atom. The predicted octanol–water partition coefficient (Wildman–Crippen LogP) is 1.63. The molecular weight excluding hydrogens is 240 g/mol. The Morgan fingerprint density at radius 1 is 1.26 bits per heavy atom. The Balaban J connectivity index is 1.82. The second-order valence-corrected chi connectivity index (χ2v) is 6.22. The number of nitrogens with zero attached hydrogens (tertiary/aromatic N) is 1. The van der Waals surface area contributed by atoms with E-state index in [1.807, 2.05) is 7.11 Å². The maximum Gasteiger partial charge on any atom is 0.0767 e. The maximum absolute atomic E-state index is 6.11. The lowest BCUT2D eigenvalue weighted by Crippen LogP contribution is -2.62. The molecule has 4 nitrogen and oxygen atoms in total. The second-order valence-electron chi connectivity index (χ2n) is 6.22. The molecule has 2 unspecified atom stereocenters. The first-order chi connectivity index (χ1) is 9.23. The van der Waals surface area contributed by atoms with Crippen molar-refractivity contribution in [2.75, 3.05) is 40.5 Å². The van der Waals surface area contributed by atoms with Crippen LogP contribution in [-0.2, 0) is 9.47 Å². The molecule has 0 aromatic heterocycles. The summed E-state index contributed by atoms with van der Waals surface area (Å²) in [7, 11) is 3.99. The molecule has 2 rings (SSSR count). The highest BCUT2D eigenvalue weighted by Gasteiger charge is 2.43. The summed E-state index contributed by atoms with van der Waals surface area (Å²) in [6.07, 6.45) is 7.75. The van der Waals surface area contributed by atoms with Crippen molar-refractivity contribution in [3.05, 3.63) is 0 Å². The quantitative estimate of drug-likeness (QED) is 0.681. The molecule has 19 heavy (non-hydrogen) atoms. The van der Waals surface area contributed by atoms with E-state index < -0.39 is 0 Å². The van der Waals surface area contributed by atoms with Crippen molar-refractivity contribution in [3.63, 3.8) is 0 Å². The maximum atomic E-state index is 6.11. The molecule has 0 amide bonds. The highest BCUT2D eigenvalue weighted by molar-refractivity contribution is 5.00. The summed E-state index contributed by atoms with van der Waals surface area (Å²) in [6.45, 7) is 3.37. The fourth-order valence-corrected chi connectivity index (χ4v) is 3.31. The Labute approximate surface area is 117 Å². The largest absolute Gasteiger partial charge is 0.380 e. The number of nitrogens with two attached hydrogens (primary N) is 1. The molecular formula is C15H30N2O2. The molecule has 0 saturated heterocycles. The van der Waals surface area contributed by atoms with E-state index in [4.69, 9.17) is 15.2 Å². The van der Waals surface area contributed by atoms with E-state index in [-0.39, 0.29) is 11.6 Å². The van der Waals surface area contributed by atoms with Gasteiger partial charge in [0.2, 0.25) is 0 Å². The zero-order valence-corrected chi connectivity index (χ0v) is 12.6. The van der Waals surface area contributed by atoms with Crippen LogP contribution < -0.4 is 5.73 Å². The Morgan fingerprint density at radius 3 is 2.68 bits per heavy atom. The third-order valence-corrected chi connectivity index (χ3v) is 4.95. The van der Waals surface area contributed by atoms with Gasteiger partial charge in [-0.1, -0.05) is 12.8 Å². The third kappa shape index (κ3) is 3.69. The minimum Gasteiger partial charge on any atom is -0.380 e. The highest BCUT2D eigenvalue weighted by Crippen LogP contribution is 2.34. The van der Waals surface area contributed by atoms with Crippen LogP contribution in [0.5, 0.6) is 0 Å². The number of methoxy groups -OCH3 is 1. The van der Waals surface area contributed by atoms with Gasteiger partial charge in [0.25, 0.3) is 0 Å². The van der Waals surface area contributed by atoms with Gasteiger partial charge in [0.1, 0.15) is 0 Å². The lowest BCUT2D eigenvalue weighted by molar-refractivity contribution is -0.0722. The molecule has 2 aliphatic rings. The zero-order valence-electron chi connectivity index (χ0n) is 12.6. The summed E-state index contributed by atoms with van der Waals surface area (Å²) in [5.74, 6) is 0.843. The van der Waals surface area contributed by atoms with Gasteiger partial charge in [0.15, 0.2) is 0 Å². The number of rotatable bonds is 8. The van der Waals surface area contributed by atoms with Crippen LogP contribution in [0.2, 0.25) is 0 Å². The molecule has 2 fully saturated rings. The third-order valence-electron chi connectivity index (χ3n) is 4.95. The lowest BCUT2D eigenvalue weighted by Gasteiger charge is -2.48. The number of hydrogen-bond acceptors (Lipinski definition) is 4. The van der Waals surface area contributed by atoms with E-state index in [0.29, 0.717) is 6.54 Å². The fraction of sp³-hybridized carbons (Fsp3) is 1.00. The molecule has 112 valence electrons. The number of likely N-dealkylation sites (N-methyl/N-ethyl adjacent to an activating group) is 1. The molecule has 0 aliphatic heterocycles. The Bertz CT molecular complexity index is 271. The van der Waals surface area contributed by atoms with Gasteiger partial charge in [-0.15, -0.1) is 0 Å². The topological polar surface area (TPSA) is 47.7 Å². The molecule has 2 aliphatic carbocycles. The molecule has 2 saturated carbocycles. The fourth-order valence-electron chi connectivity index (χ4n) is 3.31. The number of hydrogen-bond donors (Lipinski definition) is 1. The predicted molar refractivity (Wildman–Crippen MR) is 77.2 cm³/mol. The summed E-state index contributed by atoms with van der Waals surface area (Å²) in [5.41, 5.74) is 6.11. The molecule has 2 N–H and O–H groups in total. The van der Waals surface area contributed by atoms with Crippen molar-refractivity contribution >= 4 is 0 Å². The number of ether oxygens (including phenoxy) is 2. The van der Waals surface area contributed by atoms with Gasteiger partial charge in [0.05, 0.1) is 18.2 Å². The molecule has 0 heterocycles.